The molecule has 2 nitrogen and oxygen atoms in total. The summed E-state index contributed by atoms with van der Waals surface area (Å²) in [7, 11) is 0. The van der Waals surface area contributed by atoms with Gasteiger partial charge in [0.25, 0.3) is 0 Å². The molecular formula is C15H12BrFN2S. The second-order valence-corrected chi connectivity index (χ2v) is 6.40. The molecule has 0 saturated heterocycles. The molecule has 1 unspecified atom stereocenters. The maximum absolute atomic E-state index is 14.2. The lowest BCUT2D eigenvalue weighted by Gasteiger charge is -2.16. The Morgan fingerprint density at radius 2 is 1.95 bits per heavy atom. The van der Waals surface area contributed by atoms with Crippen LogP contribution in [0.2, 0.25) is 0 Å². The van der Waals surface area contributed by atoms with Gasteiger partial charge in [0.1, 0.15) is 5.82 Å². The Hall–Kier alpha value is -1.27. The predicted molar refractivity (Wildman–Crippen MR) is 85.1 cm³/mol. The highest BCUT2D eigenvalue weighted by Crippen LogP contribution is 2.34. The van der Waals surface area contributed by atoms with Crippen molar-refractivity contribution in [2.24, 2.45) is 5.84 Å². The minimum Gasteiger partial charge on any atom is -0.271 e. The maximum atomic E-state index is 14.2. The maximum Gasteiger partial charge on any atom is 0.142 e. The van der Waals surface area contributed by atoms with Crippen molar-refractivity contribution in [1.82, 2.24) is 5.43 Å². The lowest BCUT2D eigenvalue weighted by atomic mass is 10.0. The van der Waals surface area contributed by atoms with Gasteiger partial charge >= 0.3 is 0 Å². The first kappa shape index (κ1) is 13.7. The van der Waals surface area contributed by atoms with Crippen LogP contribution in [-0.4, -0.2) is 0 Å². The van der Waals surface area contributed by atoms with Crippen molar-refractivity contribution in [3.63, 3.8) is 0 Å². The molecule has 3 aromatic rings. The molecule has 20 heavy (non-hydrogen) atoms. The quantitative estimate of drug-likeness (QED) is 0.544. The molecule has 0 spiro atoms. The lowest BCUT2D eigenvalue weighted by Crippen LogP contribution is -2.29. The van der Waals surface area contributed by atoms with Gasteiger partial charge in [0, 0.05) is 15.1 Å². The van der Waals surface area contributed by atoms with Crippen LogP contribution in [0.3, 0.4) is 0 Å². The van der Waals surface area contributed by atoms with E-state index in [1.807, 2.05) is 30.3 Å². The smallest absolute Gasteiger partial charge is 0.142 e. The third-order valence-corrected chi connectivity index (χ3v) is 4.98. The largest absolute Gasteiger partial charge is 0.271 e. The molecule has 3 N–H and O–H groups in total. The second-order valence-electron chi connectivity index (χ2n) is 4.43. The van der Waals surface area contributed by atoms with E-state index in [-0.39, 0.29) is 11.9 Å². The first-order valence-electron chi connectivity index (χ1n) is 6.09. The van der Waals surface area contributed by atoms with Crippen molar-refractivity contribution >= 4 is 37.4 Å². The monoisotopic (exact) mass is 350 g/mol. The number of nitrogens with two attached hydrogens (primary N) is 1. The normalized spacial score (nSPS) is 12.8. The zero-order valence-electron chi connectivity index (χ0n) is 10.4. The summed E-state index contributed by atoms with van der Waals surface area (Å²) in [5.41, 5.74) is 3.25. The van der Waals surface area contributed by atoms with Crippen LogP contribution in [0.5, 0.6) is 0 Å². The molecule has 0 radical (unpaired) electrons. The molecule has 0 amide bonds. The van der Waals surface area contributed by atoms with E-state index in [9.17, 15) is 4.39 Å². The van der Waals surface area contributed by atoms with Gasteiger partial charge in [-0.15, -0.1) is 11.3 Å². The number of nitrogens with one attached hydrogen (secondary N) is 1. The number of thiophene rings is 1. The van der Waals surface area contributed by atoms with E-state index >= 15 is 0 Å². The number of halogens is 2. The summed E-state index contributed by atoms with van der Waals surface area (Å²) in [6.07, 6.45) is 0. The molecule has 1 heterocycles. The molecule has 102 valence electrons. The van der Waals surface area contributed by atoms with Crippen molar-refractivity contribution in [2.45, 2.75) is 6.04 Å². The van der Waals surface area contributed by atoms with Gasteiger partial charge in [-0.05, 0) is 39.5 Å². The van der Waals surface area contributed by atoms with Crippen LogP contribution in [0.1, 0.15) is 16.5 Å². The third kappa shape index (κ3) is 2.38. The summed E-state index contributed by atoms with van der Waals surface area (Å²) >= 11 is 4.83. The van der Waals surface area contributed by atoms with Crippen molar-refractivity contribution < 1.29 is 4.39 Å². The Balaban J connectivity index is 2.11. The van der Waals surface area contributed by atoms with Crippen LogP contribution >= 0.6 is 27.3 Å². The summed E-state index contributed by atoms with van der Waals surface area (Å²) in [5.74, 6) is 5.37. The fraction of sp³-hybridized carbons (Fsp3) is 0.0667. The SMILES string of the molecule is NNC(c1cc2ccccc2s1)c1cccc(Br)c1F. The number of hydrazine groups is 1. The highest BCUT2D eigenvalue weighted by Gasteiger charge is 2.20. The summed E-state index contributed by atoms with van der Waals surface area (Å²) in [6, 6.07) is 15.0. The molecule has 5 heteroatoms. The van der Waals surface area contributed by atoms with E-state index in [1.165, 1.54) is 0 Å². The lowest BCUT2D eigenvalue weighted by molar-refractivity contribution is 0.560. The van der Waals surface area contributed by atoms with Crippen LogP contribution in [-0.2, 0) is 0 Å². The molecule has 1 atom stereocenters. The van der Waals surface area contributed by atoms with Crippen molar-refractivity contribution in [3.8, 4) is 0 Å². The number of fused-ring (bicyclic) bond motifs is 1. The first-order valence-corrected chi connectivity index (χ1v) is 7.70. The minimum atomic E-state index is -0.357. The van der Waals surface area contributed by atoms with E-state index in [0.717, 1.165) is 15.0 Å². The summed E-state index contributed by atoms with van der Waals surface area (Å²) in [4.78, 5) is 0.991. The standard InChI is InChI=1S/C15H12BrFN2S/c16-11-6-3-5-10(14(11)17)15(19-18)13-8-9-4-1-2-7-12(9)20-13/h1-8,15,19H,18H2. The number of benzene rings is 2. The summed E-state index contributed by atoms with van der Waals surface area (Å²) in [6.45, 7) is 0. The summed E-state index contributed by atoms with van der Waals surface area (Å²) < 4.78 is 15.8. The van der Waals surface area contributed by atoms with Crippen LogP contribution in [0.25, 0.3) is 10.1 Å². The van der Waals surface area contributed by atoms with Crippen molar-refractivity contribution in [2.75, 3.05) is 0 Å². The van der Waals surface area contributed by atoms with Crippen LogP contribution in [0.4, 0.5) is 4.39 Å². The Bertz CT molecular complexity index is 723. The van der Waals surface area contributed by atoms with Gasteiger partial charge in [0.15, 0.2) is 0 Å². The van der Waals surface area contributed by atoms with Gasteiger partial charge in [-0.2, -0.15) is 0 Å². The predicted octanol–water partition coefficient (Wildman–Crippen LogP) is 4.36. The van der Waals surface area contributed by atoms with E-state index in [1.54, 1.807) is 29.5 Å². The van der Waals surface area contributed by atoms with E-state index in [4.69, 9.17) is 5.84 Å². The molecule has 0 bridgehead atoms. The number of hydrogen-bond acceptors (Lipinski definition) is 3. The zero-order valence-corrected chi connectivity index (χ0v) is 12.8. The van der Waals surface area contributed by atoms with Gasteiger partial charge in [0.2, 0.25) is 0 Å². The second kappa shape index (κ2) is 5.61. The van der Waals surface area contributed by atoms with Crippen LogP contribution < -0.4 is 11.3 Å². The van der Waals surface area contributed by atoms with Crippen LogP contribution in [0, 0.1) is 5.82 Å². The topological polar surface area (TPSA) is 38.0 Å². The highest BCUT2D eigenvalue weighted by molar-refractivity contribution is 9.10. The van der Waals surface area contributed by atoms with Gasteiger partial charge in [-0.1, -0.05) is 30.3 Å². The average molecular weight is 351 g/mol. The Morgan fingerprint density at radius 3 is 2.70 bits per heavy atom. The first-order chi connectivity index (χ1) is 9.70. The Labute approximate surface area is 128 Å². The highest BCUT2D eigenvalue weighted by atomic mass is 79.9. The molecular weight excluding hydrogens is 339 g/mol. The fourth-order valence-corrected chi connectivity index (χ4v) is 3.74. The number of rotatable bonds is 3. The molecule has 3 rings (SSSR count). The van der Waals surface area contributed by atoms with Crippen molar-refractivity contribution in [3.05, 3.63) is 69.3 Å². The number of hydrogen-bond donors (Lipinski definition) is 2. The minimum absolute atomic E-state index is 0.284. The van der Waals surface area contributed by atoms with Crippen LogP contribution in [0.15, 0.2) is 53.0 Å². The van der Waals surface area contributed by atoms with Crippen molar-refractivity contribution in [1.29, 1.82) is 0 Å². The molecule has 0 aliphatic carbocycles. The van der Waals surface area contributed by atoms with Gasteiger partial charge in [-0.3, -0.25) is 5.84 Å². The Morgan fingerprint density at radius 1 is 1.15 bits per heavy atom. The molecule has 0 aliphatic rings. The molecule has 0 aliphatic heterocycles. The molecule has 0 fully saturated rings. The third-order valence-electron chi connectivity index (χ3n) is 3.19. The van der Waals surface area contributed by atoms with E-state index in [2.05, 4.69) is 21.4 Å². The molecule has 0 saturated carbocycles. The van der Waals surface area contributed by atoms with E-state index < -0.39 is 0 Å². The fourth-order valence-electron chi connectivity index (χ4n) is 2.21. The Kier molecular flexibility index (Phi) is 3.85. The van der Waals surface area contributed by atoms with Gasteiger partial charge < -0.3 is 0 Å². The average Bonchev–Trinajstić information content (AvgIpc) is 2.87. The van der Waals surface area contributed by atoms with E-state index in [0.29, 0.717) is 10.0 Å². The van der Waals surface area contributed by atoms with Gasteiger partial charge in [0.05, 0.1) is 10.5 Å². The zero-order chi connectivity index (χ0) is 14.1. The molecule has 1 aromatic heterocycles. The summed E-state index contributed by atoms with van der Waals surface area (Å²) in [5, 5.41) is 1.14. The van der Waals surface area contributed by atoms with Gasteiger partial charge in [-0.25, -0.2) is 9.82 Å². The molecule has 2 aromatic carbocycles.